The minimum Gasteiger partial charge on any atom is -0.465 e. The number of benzene rings is 1. The quantitative estimate of drug-likeness (QED) is 0.746. The van der Waals surface area contributed by atoms with E-state index in [0.29, 0.717) is 22.9 Å². The van der Waals surface area contributed by atoms with Crippen molar-refractivity contribution in [3.8, 4) is 0 Å². The number of esters is 1. The number of carbonyl (C=O) groups is 2. The Labute approximate surface area is 152 Å². The monoisotopic (exact) mass is 405 g/mol. The third-order valence-electron chi connectivity index (χ3n) is 3.85. The molecule has 0 spiro atoms. The lowest BCUT2D eigenvalue weighted by Gasteiger charge is -2.21. The molecule has 0 radical (unpaired) electrons. The van der Waals surface area contributed by atoms with E-state index in [2.05, 4.69) is 33.4 Å². The number of carbonyl (C=O) groups excluding carboxylic acids is 2. The third kappa shape index (κ3) is 3.60. The van der Waals surface area contributed by atoms with E-state index in [0.717, 1.165) is 11.4 Å². The second kappa shape index (κ2) is 7.32. The van der Waals surface area contributed by atoms with Gasteiger partial charge in [0.1, 0.15) is 5.78 Å². The molecule has 0 fully saturated rings. The summed E-state index contributed by atoms with van der Waals surface area (Å²) in [5.41, 5.74) is 2.04. The Morgan fingerprint density at radius 2 is 2.17 bits per heavy atom. The molecule has 0 saturated carbocycles. The molecule has 1 aromatic heterocycles. The predicted molar refractivity (Wildman–Crippen MR) is 98.5 cm³/mol. The molecule has 0 saturated heterocycles. The Kier molecular flexibility index (Phi) is 5.16. The second-order valence-corrected chi connectivity index (χ2v) is 7.29. The Balaban J connectivity index is 1.87. The first kappa shape index (κ1) is 16.9. The van der Waals surface area contributed by atoms with Crippen molar-refractivity contribution in [1.29, 1.82) is 0 Å². The molecule has 1 aliphatic carbocycles. The molecule has 0 bridgehead atoms. The largest absolute Gasteiger partial charge is 0.465 e. The number of thiophene rings is 1. The predicted octanol–water partition coefficient (Wildman–Crippen LogP) is 4.74. The first-order valence-electron chi connectivity index (χ1n) is 7.48. The number of ether oxygens (including phenoxy) is 1. The molecule has 1 heterocycles. The molecule has 124 valence electrons. The maximum Gasteiger partial charge on any atom is 0.339 e. The van der Waals surface area contributed by atoms with Crippen molar-refractivity contribution in [3.63, 3.8) is 0 Å². The van der Waals surface area contributed by atoms with Gasteiger partial charge in [0.2, 0.25) is 0 Å². The lowest BCUT2D eigenvalue weighted by Crippen LogP contribution is -2.16. The smallest absolute Gasteiger partial charge is 0.339 e. The molecule has 0 amide bonds. The standard InChI is InChI=1S/C18H16BrNO3S/c1-23-18(22)14-4-2-5-15(17(14)19)20-12-8-11(9-13(21)10-12)16-6-3-7-24-16/h2-8,11,20H,9-10H2,1H3. The van der Waals surface area contributed by atoms with Crippen molar-refractivity contribution in [2.75, 3.05) is 12.4 Å². The Hall–Kier alpha value is -1.92. The topological polar surface area (TPSA) is 55.4 Å². The SMILES string of the molecule is COC(=O)c1cccc(NC2=CC(c3cccs3)CC(=O)C2)c1Br. The summed E-state index contributed by atoms with van der Waals surface area (Å²) in [6, 6.07) is 9.38. The van der Waals surface area contributed by atoms with E-state index in [1.165, 1.54) is 12.0 Å². The third-order valence-corrected chi connectivity index (χ3v) is 5.70. The lowest BCUT2D eigenvalue weighted by atomic mass is 9.91. The van der Waals surface area contributed by atoms with Crippen LogP contribution in [0.15, 0.2) is 52.0 Å². The fourth-order valence-corrected chi connectivity index (χ4v) is 4.05. The minimum atomic E-state index is -0.407. The van der Waals surface area contributed by atoms with Crippen LogP contribution >= 0.6 is 27.3 Å². The highest BCUT2D eigenvalue weighted by Crippen LogP contribution is 2.34. The molecule has 1 unspecified atom stereocenters. The summed E-state index contributed by atoms with van der Waals surface area (Å²) in [4.78, 5) is 25.1. The van der Waals surface area contributed by atoms with Gasteiger partial charge in [-0.15, -0.1) is 11.3 Å². The number of ketones is 1. The van der Waals surface area contributed by atoms with Crippen molar-refractivity contribution in [2.45, 2.75) is 18.8 Å². The van der Waals surface area contributed by atoms with Crippen LogP contribution in [0.25, 0.3) is 0 Å². The highest BCUT2D eigenvalue weighted by atomic mass is 79.9. The van der Waals surface area contributed by atoms with E-state index in [9.17, 15) is 9.59 Å². The van der Waals surface area contributed by atoms with Gasteiger partial charge in [-0.3, -0.25) is 4.79 Å². The number of hydrogen-bond donors (Lipinski definition) is 1. The van der Waals surface area contributed by atoms with Gasteiger partial charge < -0.3 is 10.1 Å². The van der Waals surface area contributed by atoms with Gasteiger partial charge in [-0.1, -0.05) is 18.2 Å². The molecule has 3 rings (SSSR count). The number of nitrogens with one attached hydrogen (secondary N) is 1. The van der Waals surface area contributed by atoms with Crippen LogP contribution in [0.3, 0.4) is 0 Å². The van der Waals surface area contributed by atoms with Crippen LogP contribution in [0.1, 0.15) is 34.0 Å². The number of hydrogen-bond acceptors (Lipinski definition) is 5. The molecule has 1 N–H and O–H groups in total. The van der Waals surface area contributed by atoms with Crippen LogP contribution < -0.4 is 5.32 Å². The van der Waals surface area contributed by atoms with Crippen molar-refractivity contribution < 1.29 is 14.3 Å². The van der Waals surface area contributed by atoms with E-state index >= 15 is 0 Å². The number of methoxy groups -OCH3 is 1. The zero-order chi connectivity index (χ0) is 17.1. The summed E-state index contributed by atoms with van der Waals surface area (Å²) in [7, 11) is 1.35. The van der Waals surface area contributed by atoms with Gasteiger partial charge in [0.25, 0.3) is 0 Å². The summed E-state index contributed by atoms with van der Waals surface area (Å²) in [5, 5.41) is 5.30. The molecular formula is C18H16BrNO3S. The number of allylic oxidation sites excluding steroid dienone is 2. The van der Waals surface area contributed by atoms with Crippen molar-refractivity contribution in [3.05, 3.63) is 62.4 Å². The molecule has 24 heavy (non-hydrogen) atoms. The summed E-state index contributed by atoms with van der Waals surface area (Å²) in [6.07, 6.45) is 3.01. The van der Waals surface area contributed by atoms with Gasteiger partial charge in [-0.25, -0.2) is 4.79 Å². The van der Waals surface area contributed by atoms with Crippen LogP contribution in [0, 0.1) is 0 Å². The molecule has 1 aliphatic rings. The Morgan fingerprint density at radius 1 is 1.33 bits per heavy atom. The van der Waals surface area contributed by atoms with E-state index in [1.54, 1.807) is 23.5 Å². The highest BCUT2D eigenvalue weighted by Gasteiger charge is 2.23. The number of rotatable bonds is 4. The first-order chi connectivity index (χ1) is 11.6. The number of anilines is 1. The van der Waals surface area contributed by atoms with Crippen LogP contribution in [-0.4, -0.2) is 18.9 Å². The summed E-state index contributed by atoms with van der Waals surface area (Å²) in [5.74, 6) is -0.0920. The van der Waals surface area contributed by atoms with E-state index < -0.39 is 5.97 Å². The van der Waals surface area contributed by atoms with E-state index in [-0.39, 0.29) is 11.7 Å². The molecular weight excluding hydrogens is 390 g/mol. The molecule has 2 aromatic rings. The van der Waals surface area contributed by atoms with Gasteiger partial charge in [-0.05, 0) is 39.5 Å². The fourth-order valence-electron chi connectivity index (χ4n) is 2.73. The molecule has 6 heteroatoms. The zero-order valence-electron chi connectivity index (χ0n) is 13.0. The number of Topliss-reactive ketones (excluding diaryl/α,β-unsaturated/α-hetero) is 1. The minimum absolute atomic E-state index is 0.108. The second-order valence-electron chi connectivity index (χ2n) is 5.52. The maximum absolute atomic E-state index is 12.1. The van der Waals surface area contributed by atoms with Crippen molar-refractivity contribution in [1.82, 2.24) is 0 Å². The summed E-state index contributed by atoms with van der Waals surface area (Å²) >= 11 is 5.10. The van der Waals surface area contributed by atoms with Crippen LogP contribution in [0.4, 0.5) is 5.69 Å². The van der Waals surface area contributed by atoms with Crippen molar-refractivity contribution in [2.24, 2.45) is 0 Å². The van der Waals surface area contributed by atoms with E-state index in [1.807, 2.05) is 17.5 Å². The summed E-state index contributed by atoms with van der Waals surface area (Å²) < 4.78 is 5.41. The molecule has 1 atom stereocenters. The number of halogens is 1. The van der Waals surface area contributed by atoms with Gasteiger partial charge >= 0.3 is 5.97 Å². The van der Waals surface area contributed by atoms with Crippen molar-refractivity contribution >= 4 is 44.7 Å². The van der Waals surface area contributed by atoms with Gasteiger partial charge in [0.05, 0.1) is 22.8 Å². The molecule has 4 nitrogen and oxygen atoms in total. The fraction of sp³-hybridized carbons (Fsp3) is 0.222. The maximum atomic E-state index is 12.1. The van der Waals surface area contributed by atoms with Gasteiger partial charge in [0.15, 0.2) is 0 Å². The van der Waals surface area contributed by atoms with Gasteiger partial charge in [-0.2, -0.15) is 0 Å². The Bertz CT molecular complexity index is 799. The van der Waals surface area contributed by atoms with Crippen LogP contribution in [-0.2, 0) is 9.53 Å². The summed E-state index contributed by atoms with van der Waals surface area (Å²) in [6.45, 7) is 0. The lowest BCUT2D eigenvalue weighted by molar-refractivity contribution is -0.118. The highest BCUT2D eigenvalue weighted by molar-refractivity contribution is 9.10. The molecule has 0 aliphatic heterocycles. The van der Waals surface area contributed by atoms with Crippen LogP contribution in [0.2, 0.25) is 0 Å². The first-order valence-corrected chi connectivity index (χ1v) is 9.15. The normalized spacial score (nSPS) is 17.3. The Morgan fingerprint density at radius 3 is 2.88 bits per heavy atom. The average molecular weight is 406 g/mol. The van der Waals surface area contributed by atoms with Crippen LogP contribution in [0.5, 0.6) is 0 Å². The zero-order valence-corrected chi connectivity index (χ0v) is 15.4. The molecule has 1 aromatic carbocycles. The average Bonchev–Trinajstić information content (AvgIpc) is 3.10. The van der Waals surface area contributed by atoms with Gasteiger partial charge in [0, 0.05) is 29.3 Å². The van der Waals surface area contributed by atoms with E-state index in [4.69, 9.17) is 4.74 Å².